The van der Waals surface area contributed by atoms with Gasteiger partial charge in [-0.3, -0.25) is 0 Å². The first-order valence-corrected chi connectivity index (χ1v) is 8.51. The summed E-state index contributed by atoms with van der Waals surface area (Å²) in [4.78, 5) is 2.30. The van der Waals surface area contributed by atoms with Gasteiger partial charge >= 0.3 is 132 Å². The van der Waals surface area contributed by atoms with Crippen molar-refractivity contribution in [2.24, 2.45) is 11.8 Å². The van der Waals surface area contributed by atoms with Gasteiger partial charge in [0.05, 0.1) is 0 Å². The van der Waals surface area contributed by atoms with Gasteiger partial charge in [0.2, 0.25) is 0 Å². The zero-order valence-electron chi connectivity index (χ0n) is 14.4. The minimum Gasteiger partial charge on any atom is -1.00 e. The van der Waals surface area contributed by atoms with Crippen molar-refractivity contribution in [2.75, 3.05) is 20.6 Å². The Balaban J connectivity index is 0. The Labute approximate surface area is 156 Å². The number of nitrogens with zero attached hydrogens (tertiary/aromatic N) is 1. The summed E-state index contributed by atoms with van der Waals surface area (Å²) in [6, 6.07) is 0. The molecule has 21 heavy (non-hydrogen) atoms. The smallest absolute Gasteiger partial charge is 1.00 e. The molecule has 2 unspecified atom stereocenters. The number of hydrogen-bond acceptors (Lipinski definition) is 1. The monoisotopic (exact) mass is 366 g/mol. The van der Waals surface area contributed by atoms with Crippen LogP contribution < -0.4 is 24.8 Å². The molecule has 4 heteroatoms. The van der Waals surface area contributed by atoms with Crippen molar-refractivity contribution in [1.82, 2.24) is 4.90 Å². The van der Waals surface area contributed by atoms with Crippen LogP contribution in [0.15, 0.2) is 20.6 Å². The molecule has 2 atom stereocenters. The fraction of sp³-hybridized carbons (Fsp3) is 0.765. The molecule has 0 saturated carbocycles. The van der Waals surface area contributed by atoms with E-state index in [2.05, 4.69) is 67.1 Å². The largest absolute Gasteiger partial charge is 1.00 e. The van der Waals surface area contributed by atoms with Gasteiger partial charge in [0.25, 0.3) is 0 Å². The van der Waals surface area contributed by atoms with Crippen molar-refractivity contribution in [3.8, 4) is 0 Å². The van der Waals surface area contributed by atoms with E-state index in [4.69, 9.17) is 0 Å². The molecule has 0 fully saturated rings. The summed E-state index contributed by atoms with van der Waals surface area (Å²) in [5.74, 6) is 1.47. The Morgan fingerprint density at radius 3 is 2.00 bits per heavy atom. The third kappa shape index (κ3) is 6.39. The summed E-state index contributed by atoms with van der Waals surface area (Å²) in [6.45, 7) is 10.6. The SMILES string of the molecule is CCC(C)C1=[C]([Ti+2])C(C(C)CC)=C(CCN(C)C)C1.[Cl-].[Cl-]. The van der Waals surface area contributed by atoms with Crippen LogP contribution in [0.3, 0.4) is 0 Å². The van der Waals surface area contributed by atoms with Gasteiger partial charge in [0, 0.05) is 0 Å². The summed E-state index contributed by atoms with van der Waals surface area (Å²) >= 11 is 2.37. The molecule has 0 aromatic carbocycles. The van der Waals surface area contributed by atoms with Crippen LogP contribution in [0, 0.1) is 11.8 Å². The van der Waals surface area contributed by atoms with Gasteiger partial charge in [0.15, 0.2) is 0 Å². The van der Waals surface area contributed by atoms with Crippen molar-refractivity contribution in [3.05, 3.63) is 20.6 Å². The fourth-order valence-corrected chi connectivity index (χ4v) is 3.99. The molecule has 0 bridgehead atoms. The first-order valence-electron chi connectivity index (χ1n) is 7.73. The molecule has 1 aliphatic rings. The molecule has 1 rings (SSSR count). The second-order valence-corrected chi connectivity index (χ2v) is 7.05. The second kappa shape index (κ2) is 11.3. The summed E-state index contributed by atoms with van der Waals surface area (Å²) in [5, 5.41) is 0. The van der Waals surface area contributed by atoms with E-state index >= 15 is 0 Å². The number of halogens is 2. The van der Waals surface area contributed by atoms with Gasteiger partial charge in [-0.2, -0.15) is 0 Å². The van der Waals surface area contributed by atoms with Crippen LogP contribution in [-0.4, -0.2) is 25.5 Å². The van der Waals surface area contributed by atoms with Gasteiger partial charge in [-0.05, 0) is 0 Å². The van der Waals surface area contributed by atoms with E-state index in [0.717, 1.165) is 11.8 Å². The van der Waals surface area contributed by atoms with Crippen LogP contribution in [-0.2, 0) is 20.4 Å². The minimum absolute atomic E-state index is 0. The Kier molecular flexibility index (Phi) is 12.9. The van der Waals surface area contributed by atoms with E-state index in [0.29, 0.717) is 0 Å². The molecule has 0 spiro atoms. The van der Waals surface area contributed by atoms with E-state index in [9.17, 15) is 0 Å². The van der Waals surface area contributed by atoms with Crippen molar-refractivity contribution in [2.45, 2.75) is 53.4 Å². The predicted octanol–water partition coefficient (Wildman–Crippen LogP) is -1.46. The van der Waals surface area contributed by atoms with Crippen LogP contribution in [0.2, 0.25) is 0 Å². The molecule has 1 aliphatic carbocycles. The van der Waals surface area contributed by atoms with Crippen LogP contribution in [0.1, 0.15) is 53.4 Å². The topological polar surface area (TPSA) is 3.24 Å². The van der Waals surface area contributed by atoms with Crippen molar-refractivity contribution in [1.29, 1.82) is 0 Å². The van der Waals surface area contributed by atoms with E-state index in [1.54, 1.807) is 20.6 Å². The first-order chi connectivity index (χ1) is 8.92. The Hall–Kier alpha value is 0.734. The number of rotatable bonds is 7. The molecule has 0 radical (unpaired) electrons. The maximum Gasteiger partial charge on any atom is -1.00 e. The van der Waals surface area contributed by atoms with Gasteiger partial charge in [-0.1, -0.05) is 0 Å². The maximum atomic E-state index is 2.40. The van der Waals surface area contributed by atoms with E-state index in [1.165, 1.54) is 32.2 Å². The zero-order valence-corrected chi connectivity index (χ0v) is 17.5. The average molecular weight is 367 g/mol. The Morgan fingerprint density at radius 2 is 1.57 bits per heavy atom. The Bertz CT molecular complexity index is 375. The van der Waals surface area contributed by atoms with Crippen molar-refractivity contribution >= 4 is 0 Å². The molecule has 1 nitrogen and oxygen atoms in total. The summed E-state index contributed by atoms with van der Waals surface area (Å²) < 4.78 is 1.62. The number of allylic oxidation sites excluding steroid dienone is 3. The molecular weight excluding hydrogens is 337 g/mol. The summed E-state index contributed by atoms with van der Waals surface area (Å²) in [5.41, 5.74) is 5.13. The molecular formula is C17H30Cl2NTi. The normalized spacial score (nSPS) is 17.8. The molecule has 0 aromatic rings. The van der Waals surface area contributed by atoms with Gasteiger partial charge < -0.3 is 24.8 Å². The van der Waals surface area contributed by atoms with Gasteiger partial charge in [-0.25, -0.2) is 0 Å². The third-order valence-corrected chi connectivity index (χ3v) is 5.47. The quantitative estimate of drug-likeness (QED) is 0.498. The van der Waals surface area contributed by atoms with Crippen LogP contribution in [0.25, 0.3) is 0 Å². The fourth-order valence-electron chi connectivity index (χ4n) is 2.81. The summed E-state index contributed by atoms with van der Waals surface area (Å²) in [6.07, 6.45) is 5.01. The first kappa shape index (κ1) is 24.0. The molecule has 0 N–H and O–H groups in total. The van der Waals surface area contributed by atoms with Crippen molar-refractivity contribution < 1.29 is 45.2 Å². The molecule has 0 aliphatic heterocycles. The van der Waals surface area contributed by atoms with E-state index < -0.39 is 0 Å². The maximum absolute atomic E-state index is 2.40. The molecule has 0 amide bonds. The van der Waals surface area contributed by atoms with E-state index in [1.807, 2.05) is 0 Å². The minimum atomic E-state index is 0. The average Bonchev–Trinajstić information content (AvgIpc) is 2.71. The molecule has 121 valence electrons. The Morgan fingerprint density at radius 1 is 1.05 bits per heavy atom. The summed E-state index contributed by atoms with van der Waals surface area (Å²) in [7, 11) is 4.35. The zero-order chi connectivity index (χ0) is 14.6. The molecule has 0 saturated heterocycles. The molecule has 0 aromatic heterocycles. The predicted molar refractivity (Wildman–Crippen MR) is 80.8 cm³/mol. The van der Waals surface area contributed by atoms with Crippen LogP contribution in [0.5, 0.6) is 0 Å². The third-order valence-electron chi connectivity index (χ3n) is 4.55. The second-order valence-electron chi connectivity index (χ2n) is 6.27. The van der Waals surface area contributed by atoms with Crippen LogP contribution >= 0.6 is 0 Å². The van der Waals surface area contributed by atoms with Gasteiger partial charge in [-0.15, -0.1) is 0 Å². The molecule has 0 heterocycles. The van der Waals surface area contributed by atoms with E-state index in [-0.39, 0.29) is 24.8 Å². The standard InChI is InChI=1S/C17H30N.2ClH.Ti/c1-7-13(3)16-11-15(9-10-18(5)6)17(12-16)14(4)8-2;;;/h13-14H,7-11H2,1-6H3;2*1H;/q;;;+2/p-2. The van der Waals surface area contributed by atoms with Gasteiger partial charge in [0.1, 0.15) is 0 Å². The van der Waals surface area contributed by atoms with Crippen LogP contribution in [0.4, 0.5) is 0 Å². The number of hydrogen-bond donors (Lipinski definition) is 0. The van der Waals surface area contributed by atoms with Crippen molar-refractivity contribution in [3.63, 3.8) is 0 Å².